The first-order valence-corrected chi connectivity index (χ1v) is 12.6. The summed E-state index contributed by atoms with van der Waals surface area (Å²) in [5.41, 5.74) is 0.147. The van der Waals surface area contributed by atoms with E-state index in [4.69, 9.17) is 9.47 Å². The molecule has 4 aromatic rings. The molecule has 4 rings (SSSR count). The Morgan fingerprint density at radius 3 is 2.66 bits per heavy atom. The number of sulfone groups is 1. The number of H-pyrrole nitrogens is 1. The van der Waals surface area contributed by atoms with Crippen LogP contribution in [0.1, 0.15) is 18.7 Å². The number of hydrogen-bond donors (Lipinski definition) is 1. The highest BCUT2D eigenvalue weighted by molar-refractivity contribution is 7.90. The summed E-state index contributed by atoms with van der Waals surface area (Å²) in [6.45, 7) is 2.05. The van der Waals surface area contributed by atoms with E-state index in [0.29, 0.717) is 5.75 Å². The zero-order valence-corrected chi connectivity index (χ0v) is 19.9. The summed E-state index contributed by atoms with van der Waals surface area (Å²) in [7, 11) is -2.15. The van der Waals surface area contributed by atoms with Gasteiger partial charge >= 0.3 is 5.69 Å². The van der Waals surface area contributed by atoms with Crippen molar-refractivity contribution in [2.75, 3.05) is 25.7 Å². The Morgan fingerprint density at radius 2 is 1.97 bits per heavy atom. The average molecular weight is 505 g/mol. The maximum atomic E-state index is 14.3. The lowest BCUT2D eigenvalue weighted by Gasteiger charge is -2.19. The third kappa shape index (κ3) is 4.87. The highest BCUT2D eigenvalue weighted by Crippen LogP contribution is 2.30. The number of nitrogens with zero attached hydrogens (tertiary/aromatic N) is 3. The summed E-state index contributed by atoms with van der Waals surface area (Å²) < 4.78 is 64.5. The fourth-order valence-electron chi connectivity index (χ4n) is 3.78. The van der Waals surface area contributed by atoms with Crippen LogP contribution < -0.4 is 15.2 Å². The molecule has 184 valence electrons. The van der Waals surface area contributed by atoms with E-state index in [2.05, 4.69) is 15.0 Å². The van der Waals surface area contributed by atoms with Crippen LogP contribution >= 0.6 is 0 Å². The number of nitrogens with one attached hydrogen (secondary N) is 1. The highest BCUT2D eigenvalue weighted by atomic mass is 32.2. The molecule has 12 heteroatoms. The third-order valence-electron chi connectivity index (χ3n) is 5.28. The van der Waals surface area contributed by atoms with Crippen LogP contribution in [0.5, 0.6) is 11.6 Å². The standard InChI is InChI=1S/C23H22F2N4O5S/c1-4-34-22-19(33-2)9-8-16(27-22)18(12-35(3,31)32)29-21-17(28-23(29)30)10-13(11-26-21)14-6-5-7-15(24)20(14)25/h5-11,18H,4,12H2,1-3H3,(H,28,30)/t18-/m1/s1. The van der Waals surface area contributed by atoms with Gasteiger partial charge in [-0.1, -0.05) is 12.1 Å². The molecule has 3 aromatic heterocycles. The Bertz CT molecular complexity index is 1570. The van der Waals surface area contributed by atoms with E-state index >= 15 is 0 Å². The Balaban J connectivity index is 1.89. The molecule has 0 saturated carbocycles. The molecule has 0 radical (unpaired) electrons. The van der Waals surface area contributed by atoms with E-state index in [1.807, 2.05) is 0 Å². The SMILES string of the molecule is CCOc1nc([C@@H](CS(C)(=O)=O)n2c(=O)[nH]c3cc(-c4cccc(F)c4F)cnc32)ccc1OC. The number of methoxy groups -OCH3 is 1. The molecule has 1 N–H and O–H groups in total. The van der Waals surface area contributed by atoms with Crippen molar-refractivity contribution in [1.29, 1.82) is 0 Å². The highest BCUT2D eigenvalue weighted by Gasteiger charge is 2.27. The van der Waals surface area contributed by atoms with Crippen LogP contribution in [0.2, 0.25) is 0 Å². The minimum Gasteiger partial charge on any atom is -0.491 e. The molecule has 0 aliphatic rings. The van der Waals surface area contributed by atoms with Crippen LogP contribution in [0.3, 0.4) is 0 Å². The molecule has 1 atom stereocenters. The zero-order chi connectivity index (χ0) is 25.3. The molecular weight excluding hydrogens is 482 g/mol. The monoisotopic (exact) mass is 504 g/mol. The van der Waals surface area contributed by atoms with Crippen molar-refractivity contribution < 1.29 is 26.7 Å². The van der Waals surface area contributed by atoms with Crippen molar-refractivity contribution in [3.63, 3.8) is 0 Å². The van der Waals surface area contributed by atoms with Gasteiger partial charge in [0.15, 0.2) is 23.0 Å². The Labute approximate surface area is 199 Å². The first kappa shape index (κ1) is 24.3. The van der Waals surface area contributed by atoms with Crippen molar-refractivity contribution in [3.05, 3.63) is 70.4 Å². The molecule has 3 heterocycles. The smallest absolute Gasteiger partial charge is 0.328 e. The molecular formula is C23H22F2N4O5S. The van der Waals surface area contributed by atoms with Gasteiger partial charge in [-0.2, -0.15) is 0 Å². The number of fused-ring (bicyclic) bond motifs is 1. The van der Waals surface area contributed by atoms with E-state index < -0.39 is 39.0 Å². The molecule has 9 nitrogen and oxygen atoms in total. The van der Waals surface area contributed by atoms with E-state index in [1.54, 1.807) is 19.1 Å². The second-order valence-corrected chi connectivity index (χ2v) is 9.97. The van der Waals surface area contributed by atoms with Gasteiger partial charge in [0.05, 0.1) is 36.7 Å². The molecule has 0 saturated heterocycles. The van der Waals surface area contributed by atoms with Crippen LogP contribution in [0.4, 0.5) is 8.78 Å². The maximum absolute atomic E-state index is 14.3. The summed E-state index contributed by atoms with van der Waals surface area (Å²) in [6.07, 6.45) is 2.33. The lowest BCUT2D eigenvalue weighted by Crippen LogP contribution is -2.29. The summed E-state index contributed by atoms with van der Waals surface area (Å²) >= 11 is 0. The number of pyridine rings is 2. The van der Waals surface area contributed by atoms with Gasteiger partial charge in [-0.05, 0) is 31.2 Å². The van der Waals surface area contributed by atoms with Gasteiger partial charge in [-0.25, -0.2) is 32.0 Å². The zero-order valence-electron chi connectivity index (χ0n) is 19.1. The number of benzene rings is 1. The van der Waals surface area contributed by atoms with Gasteiger partial charge in [0.1, 0.15) is 9.84 Å². The number of rotatable bonds is 8. The molecule has 0 spiro atoms. The molecule has 0 aliphatic carbocycles. The van der Waals surface area contributed by atoms with Gasteiger partial charge in [0, 0.05) is 23.6 Å². The lowest BCUT2D eigenvalue weighted by atomic mass is 10.1. The van der Waals surface area contributed by atoms with E-state index in [0.717, 1.165) is 12.3 Å². The van der Waals surface area contributed by atoms with Crippen LogP contribution in [0.25, 0.3) is 22.3 Å². The summed E-state index contributed by atoms with van der Waals surface area (Å²) in [4.78, 5) is 24.3. The number of hydrogen-bond acceptors (Lipinski definition) is 7. The lowest BCUT2D eigenvalue weighted by molar-refractivity contribution is 0.296. The normalized spacial score (nSPS) is 12.6. The number of aromatic nitrogens is 4. The minimum absolute atomic E-state index is 0.0288. The fraction of sp³-hybridized carbons (Fsp3) is 0.261. The molecule has 0 aliphatic heterocycles. The van der Waals surface area contributed by atoms with Crippen molar-refractivity contribution in [2.24, 2.45) is 0 Å². The molecule has 0 amide bonds. The maximum Gasteiger partial charge on any atom is 0.328 e. The first-order valence-electron chi connectivity index (χ1n) is 10.5. The number of ether oxygens (including phenoxy) is 2. The van der Waals surface area contributed by atoms with Crippen LogP contribution in [0.15, 0.2) is 47.4 Å². The second-order valence-electron chi connectivity index (χ2n) is 7.78. The summed E-state index contributed by atoms with van der Waals surface area (Å²) in [5.74, 6) is -2.02. The number of aromatic amines is 1. The Kier molecular flexibility index (Phi) is 6.57. The van der Waals surface area contributed by atoms with Gasteiger partial charge in [0.2, 0.25) is 0 Å². The summed E-state index contributed by atoms with van der Waals surface area (Å²) in [5, 5.41) is 0. The van der Waals surface area contributed by atoms with Crippen molar-refractivity contribution in [1.82, 2.24) is 19.5 Å². The van der Waals surface area contributed by atoms with E-state index in [1.165, 1.54) is 36.1 Å². The minimum atomic E-state index is -3.59. The van der Waals surface area contributed by atoms with Crippen molar-refractivity contribution >= 4 is 21.0 Å². The van der Waals surface area contributed by atoms with Gasteiger partial charge in [0.25, 0.3) is 5.88 Å². The predicted octanol–water partition coefficient (Wildman–Crippen LogP) is 3.11. The molecule has 0 fully saturated rings. The topological polar surface area (TPSA) is 116 Å². The van der Waals surface area contributed by atoms with E-state index in [-0.39, 0.29) is 40.5 Å². The Morgan fingerprint density at radius 1 is 1.20 bits per heavy atom. The predicted molar refractivity (Wildman–Crippen MR) is 126 cm³/mol. The molecule has 0 unspecified atom stereocenters. The van der Waals surface area contributed by atoms with Crippen molar-refractivity contribution in [2.45, 2.75) is 13.0 Å². The quantitative estimate of drug-likeness (QED) is 0.392. The van der Waals surface area contributed by atoms with Crippen LogP contribution in [0, 0.1) is 11.6 Å². The Hall–Kier alpha value is -3.80. The average Bonchev–Trinajstić information content (AvgIpc) is 3.13. The largest absolute Gasteiger partial charge is 0.491 e. The number of halogens is 2. The van der Waals surface area contributed by atoms with Crippen LogP contribution in [-0.4, -0.2) is 53.7 Å². The molecule has 35 heavy (non-hydrogen) atoms. The summed E-state index contributed by atoms with van der Waals surface area (Å²) in [6, 6.07) is 7.25. The second kappa shape index (κ2) is 9.45. The van der Waals surface area contributed by atoms with E-state index in [9.17, 15) is 22.0 Å². The molecule has 0 bridgehead atoms. The van der Waals surface area contributed by atoms with Crippen molar-refractivity contribution in [3.8, 4) is 22.8 Å². The number of imidazole rings is 1. The van der Waals surface area contributed by atoms with Crippen LogP contribution in [-0.2, 0) is 9.84 Å². The fourth-order valence-corrected chi connectivity index (χ4v) is 4.67. The van der Waals surface area contributed by atoms with Gasteiger partial charge in [-0.3, -0.25) is 4.57 Å². The van der Waals surface area contributed by atoms with Gasteiger partial charge in [-0.15, -0.1) is 0 Å². The first-order chi connectivity index (χ1) is 16.6. The third-order valence-corrected chi connectivity index (χ3v) is 6.20. The van der Waals surface area contributed by atoms with Gasteiger partial charge < -0.3 is 14.5 Å². The molecule has 1 aromatic carbocycles.